The lowest BCUT2D eigenvalue weighted by molar-refractivity contribution is -0.170. The van der Waals surface area contributed by atoms with E-state index in [0.717, 1.165) is 31.6 Å². The van der Waals surface area contributed by atoms with Crippen LogP contribution in [0.4, 0.5) is 0 Å². The van der Waals surface area contributed by atoms with Gasteiger partial charge in [0.2, 0.25) is 0 Å². The predicted molar refractivity (Wildman–Crippen MR) is 113 cm³/mol. The summed E-state index contributed by atoms with van der Waals surface area (Å²) in [6.45, 7) is 8.48. The first-order valence-electron chi connectivity index (χ1n) is 10.8. The minimum absolute atomic E-state index is 0. The molecule has 4 aliphatic carbocycles. The number of hydrogen-bond acceptors (Lipinski definition) is 5. The van der Waals surface area contributed by atoms with Gasteiger partial charge in [-0.3, -0.25) is 9.59 Å². The predicted octanol–water partition coefficient (Wildman–Crippen LogP) is 5.07. The van der Waals surface area contributed by atoms with E-state index in [9.17, 15) is 9.59 Å². The Hall–Kier alpha value is -1.10. The van der Waals surface area contributed by atoms with E-state index in [-0.39, 0.29) is 45.6 Å². The Morgan fingerprint density at radius 3 is 2.24 bits per heavy atom. The fraction of sp³-hybridized carbons (Fsp3) is 0.917. The number of fused-ring (bicyclic) bond motifs is 9. The molecule has 0 N–H and O–H groups in total. The molecule has 168 valence electrons. The summed E-state index contributed by atoms with van der Waals surface area (Å²) in [5.41, 5.74) is -0.415. The first kappa shape index (κ1) is 24.2. The zero-order valence-corrected chi connectivity index (χ0v) is 17.1. The second kappa shape index (κ2) is 8.95. The molecule has 4 fully saturated rings. The lowest BCUT2D eigenvalue weighted by Crippen LogP contribution is -2.43. The third kappa shape index (κ3) is 3.96. The van der Waals surface area contributed by atoms with Gasteiger partial charge in [-0.2, -0.15) is 0 Å². The van der Waals surface area contributed by atoms with Crippen molar-refractivity contribution in [3.8, 4) is 0 Å². The molecule has 5 nitrogen and oxygen atoms in total. The van der Waals surface area contributed by atoms with Crippen LogP contribution in [0.15, 0.2) is 0 Å². The van der Waals surface area contributed by atoms with Crippen molar-refractivity contribution >= 4 is 11.9 Å². The second-order valence-electron chi connectivity index (χ2n) is 9.81. The summed E-state index contributed by atoms with van der Waals surface area (Å²) in [5, 5.41) is 0. The zero-order valence-electron chi connectivity index (χ0n) is 17.1. The van der Waals surface area contributed by atoms with Gasteiger partial charge in [0.05, 0.1) is 11.3 Å². The summed E-state index contributed by atoms with van der Waals surface area (Å²) in [5.74, 6) is 3.33. The fourth-order valence-electron chi connectivity index (χ4n) is 6.68. The van der Waals surface area contributed by atoms with Crippen LogP contribution in [-0.2, 0) is 23.8 Å². The molecule has 8 unspecified atom stereocenters. The molecule has 0 spiro atoms. The standard InChI is InChI=1S/C22H34O5.2CH4/c1-5-22(3,4)21(24)27-17-10-13-9-16(17)19-14-7-12(18(13)19)8-15(14)20(23)26-11-25-6-2;;/h12-19H,5-11H2,1-4H3;2*1H4. The minimum Gasteiger partial charge on any atom is -0.462 e. The normalized spacial score (nSPS) is 38.8. The van der Waals surface area contributed by atoms with Crippen LogP contribution in [0.2, 0.25) is 0 Å². The maximum Gasteiger partial charge on any atom is 0.311 e. The van der Waals surface area contributed by atoms with Gasteiger partial charge in [0, 0.05) is 6.61 Å². The van der Waals surface area contributed by atoms with Crippen molar-refractivity contribution in [2.24, 2.45) is 46.8 Å². The summed E-state index contributed by atoms with van der Waals surface area (Å²) in [7, 11) is 0. The SMILES string of the molecule is C.C.CCOCOC(=O)C1CC2CC1C1C3CC(CC3OC(=O)C(C)(C)CC)C21. The smallest absolute Gasteiger partial charge is 0.311 e. The average Bonchev–Trinajstić information content (AvgIpc) is 3.39. The van der Waals surface area contributed by atoms with Gasteiger partial charge < -0.3 is 14.2 Å². The zero-order chi connectivity index (χ0) is 19.3. The summed E-state index contributed by atoms with van der Waals surface area (Å²) in [4.78, 5) is 25.1. The number of ether oxygens (including phenoxy) is 3. The van der Waals surface area contributed by atoms with E-state index in [1.54, 1.807) is 0 Å². The minimum atomic E-state index is -0.415. The topological polar surface area (TPSA) is 61.8 Å². The Bertz CT molecular complexity index is 600. The molecule has 8 atom stereocenters. The molecular weight excluding hydrogens is 368 g/mol. The van der Waals surface area contributed by atoms with Gasteiger partial charge in [-0.15, -0.1) is 0 Å². The van der Waals surface area contributed by atoms with Crippen LogP contribution < -0.4 is 0 Å². The van der Waals surface area contributed by atoms with E-state index < -0.39 is 5.41 Å². The van der Waals surface area contributed by atoms with Crippen LogP contribution >= 0.6 is 0 Å². The third-order valence-corrected chi connectivity index (χ3v) is 8.24. The molecule has 0 radical (unpaired) electrons. The van der Waals surface area contributed by atoms with Crippen LogP contribution in [-0.4, -0.2) is 31.4 Å². The van der Waals surface area contributed by atoms with E-state index in [1.807, 2.05) is 27.7 Å². The molecule has 0 saturated heterocycles. The third-order valence-electron chi connectivity index (χ3n) is 8.24. The first-order valence-corrected chi connectivity index (χ1v) is 10.8. The van der Waals surface area contributed by atoms with Crippen molar-refractivity contribution in [2.75, 3.05) is 13.4 Å². The van der Waals surface area contributed by atoms with Crippen LogP contribution in [0.1, 0.15) is 74.7 Å². The Kier molecular flexibility index (Phi) is 7.46. The first-order chi connectivity index (χ1) is 12.9. The lowest BCUT2D eigenvalue weighted by atomic mass is 9.66. The van der Waals surface area contributed by atoms with Crippen molar-refractivity contribution in [1.82, 2.24) is 0 Å². The van der Waals surface area contributed by atoms with E-state index in [4.69, 9.17) is 14.2 Å². The highest BCUT2D eigenvalue weighted by Crippen LogP contribution is 2.69. The van der Waals surface area contributed by atoms with Crippen molar-refractivity contribution in [3.05, 3.63) is 0 Å². The molecule has 0 aromatic carbocycles. The molecule has 0 aromatic rings. The van der Waals surface area contributed by atoms with Crippen LogP contribution in [0.3, 0.4) is 0 Å². The monoisotopic (exact) mass is 410 g/mol. The van der Waals surface area contributed by atoms with Crippen molar-refractivity contribution in [3.63, 3.8) is 0 Å². The van der Waals surface area contributed by atoms with Gasteiger partial charge in [-0.05, 0) is 88.4 Å². The molecular formula is C24H42O5. The van der Waals surface area contributed by atoms with Gasteiger partial charge >= 0.3 is 11.9 Å². The number of carbonyl (C=O) groups is 2. The Balaban J connectivity index is 0.00000150. The van der Waals surface area contributed by atoms with E-state index in [2.05, 4.69) is 0 Å². The van der Waals surface area contributed by atoms with Gasteiger partial charge in [-0.25, -0.2) is 0 Å². The Labute approximate surface area is 177 Å². The molecule has 4 saturated carbocycles. The number of carbonyl (C=O) groups excluding carboxylic acids is 2. The van der Waals surface area contributed by atoms with Gasteiger partial charge in [0.1, 0.15) is 6.10 Å². The maximum absolute atomic E-state index is 12.6. The quantitative estimate of drug-likeness (QED) is 0.254. The highest BCUT2D eigenvalue weighted by atomic mass is 16.7. The second-order valence-corrected chi connectivity index (χ2v) is 9.81. The fourth-order valence-corrected chi connectivity index (χ4v) is 6.68. The highest BCUT2D eigenvalue weighted by Gasteiger charge is 2.66. The van der Waals surface area contributed by atoms with E-state index >= 15 is 0 Å². The van der Waals surface area contributed by atoms with Gasteiger partial charge in [0.15, 0.2) is 6.79 Å². The number of hydrogen-bond donors (Lipinski definition) is 0. The summed E-state index contributed by atoms with van der Waals surface area (Å²) >= 11 is 0. The molecule has 0 heterocycles. The number of rotatable bonds is 7. The Morgan fingerprint density at radius 1 is 0.931 bits per heavy atom. The van der Waals surface area contributed by atoms with E-state index in [1.165, 1.54) is 6.42 Å². The Morgan fingerprint density at radius 2 is 1.59 bits per heavy atom. The van der Waals surface area contributed by atoms with Crippen LogP contribution in [0.5, 0.6) is 0 Å². The van der Waals surface area contributed by atoms with Gasteiger partial charge in [-0.1, -0.05) is 21.8 Å². The average molecular weight is 411 g/mol. The molecule has 0 aliphatic heterocycles. The summed E-state index contributed by atoms with van der Waals surface area (Å²) < 4.78 is 16.6. The molecule has 5 heteroatoms. The van der Waals surface area contributed by atoms with Crippen molar-refractivity contribution < 1.29 is 23.8 Å². The summed E-state index contributed by atoms with van der Waals surface area (Å²) in [6.07, 6.45) is 5.17. The largest absolute Gasteiger partial charge is 0.462 e. The molecule has 0 aromatic heterocycles. The summed E-state index contributed by atoms with van der Waals surface area (Å²) in [6, 6.07) is 0. The highest BCUT2D eigenvalue weighted by molar-refractivity contribution is 5.76. The van der Waals surface area contributed by atoms with Crippen molar-refractivity contribution in [1.29, 1.82) is 0 Å². The maximum atomic E-state index is 12.6. The molecule has 29 heavy (non-hydrogen) atoms. The molecule has 4 aliphatic rings. The molecule has 4 bridgehead atoms. The lowest BCUT2D eigenvalue weighted by Gasteiger charge is -2.41. The number of esters is 2. The van der Waals surface area contributed by atoms with Crippen molar-refractivity contribution in [2.45, 2.75) is 80.8 Å². The molecule has 4 rings (SSSR count). The van der Waals surface area contributed by atoms with Crippen LogP contribution in [0.25, 0.3) is 0 Å². The molecule has 0 amide bonds. The van der Waals surface area contributed by atoms with Crippen LogP contribution in [0, 0.1) is 46.8 Å². The van der Waals surface area contributed by atoms with E-state index in [0.29, 0.717) is 36.2 Å². The van der Waals surface area contributed by atoms with Gasteiger partial charge in [0.25, 0.3) is 0 Å².